The molecule has 2 aromatic carbocycles. The maximum Gasteiger partial charge on any atom is 0.331 e. The number of methoxy groups -OCH3 is 1. The van der Waals surface area contributed by atoms with E-state index in [-0.39, 0.29) is 5.56 Å². The van der Waals surface area contributed by atoms with Gasteiger partial charge in [0.2, 0.25) is 5.78 Å². The molecule has 2 rings (SSSR count). The van der Waals surface area contributed by atoms with Crippen LogP contribution in [-0.2, 0) is 9.53 Å². The Bertz CT molecular complexity index is 720. The van der Waals surface area contributed by atoms with Crippen molar-refractivity contribution in [2.75, 3.05) is 13.7 Å². The number of ketones is 1. The smallest absolute Gasteiger partial charge is 0.331 e. The molecule has 0 saturated heterocycles. The Morgan fingerprint density at radius 3 is 2.43 bits per heavy atom. The normalized spacial score (nSPS) is 10.5. The summed E-state index contributed by atoms with van der Waals surface area (Å²) in [6, 6.07) is 12.6. The van der Waals surface area contributed by atoms with Crippen LogP contribution in [0.4, 0.5) is 4.39 Å². The zero-order valence-electron chi connectivity index (χ0n) is 12.5. The minimum absolute atomic E-state index is 0.0977. The largest absolute Gasteiger partial charge is 0.497 e. The van der Waals surface area contributed by atoms with Gasteiger partial charge in [-0.05, 0) is 35.9 Å². The molecule has 0 saturated carbocycles. The first-order chi connectivity index (χ1) is 11.1. The van der Waals surface area contributed by atoms with Gasteiger partial charge in [-0.15, -0.1) is 0 Å². The van der Waals surface area contributed by atoms with Gasteiger partial charge in [0.15, 0.2) is 6.61 Å². The highest BCUT2D eigenvalue weighted by Gasteiger charge is 2.12. The molecule has 0 aliphatic rings. The molecule has 5 heteroatoms. The first-order valence-corrected chi connectivity index (χ1v) is 6.87. The van der Waals surface area contributed by atoms with Crippen molar-refractivity contribution in [1.29, 1.82) is 0 Å². The zero-order chi connectivity index (χ0) is 16.7. The molecule has 0 amide bonds. The summed E-state index contributed by atoms with van der Waals surface area (Å²) in [6.45, 7) is -0.507. The number of hydrogen-bond donors (Lipinski definition) is 0. The average Bonchev–Trinajstić information content (AvgIpc) is 2.58. The van der Waals surface area contributed by atoms with Crippen molar-refractivity contribution in [2.24, 2.45) is 0 Å². The summed E-state index contributed by atoms with van der Waals surface area (Å²) in [5, 5.41) is 0. The quantitative estimate of drug-likeness (QED) is 0.466. The molecule has 118 valence electrons. The lowest BCUT2D eigenvalue weighted by atomic mass is 10.1. The molecule has 0 bridgehead atoms. The molecule has 0 atom stereocenters. The van der Waals surface area contributed by atoms with E-state index < -0.39 is 24.2 Å². The fraction of sp³-hybridized carbons (Fsp3) is 0.111. The summed E-state index contributed by atoms with van der Waals surface area (Å²) < 4.78 is 23.3. The number of carbonyl (C=O) groups is 2. The van der Waals surface area contributed by atoms with Gasteiger partial charge in [0, 0.05) is 6.08 Å². The van der Waals surface area contributed by atoms with Crippen molar-refractivity contribution >= 4 is 17.8 Å². The van der Waals surface area contributed by atoms with Gasteiger partial charge in [0.1, 0.15) is 11.6 Å². The van der Waals surface area contributed by atoms with Crippen LogP contribution in [0.3, 0.4) is 0 Å². The van der Waals surface area contributed by atoms with Crippen LogP contribution in [0.25, 0.3) is 6.08 Å². The second kappa shape index (κ2) is 7.89. The van der Waals surface area contributed by atoms with Gasteiger partial charge in [-0.1, -0.05) is 24.3 Å². The molecule has 0 heterocycles. The van der Waals surface area contributed by atoms with Crippen molar-refractivity contribution in [2.45, 2.75) is 0 Å². The second-order valence-electron chi connectivity index (χ2n) is 4.62. The molecular formula is C18H15FO4. The van der Waals surface area contributed by atoms with Crippen molar-refractivity contribution in [3.8, 4) is 5.75 Å². The summed E-state index contributed by atoms with van der Waals surface area (Å²) in [5.74, 6) is -1.19. The lowest BCUT2D eigenvalue weighted by Gasteiger charge is -2.03. The molecule has 2 aromatic rings. The number of carbonyl (C=O) groups excluding carboxylic acids is 2. The van der Waals surface area contributed by atoms with Crippen molar-refractivity contribution in [3.63, 3.8) is 0 Å². The van der Waals surface area contributed by atoms with Gasteiger partial charge in [-0.3, -0.25) is 4.79 Å². The molecule has 0 N–H and O–H groups in total. The van der Waals surface area contributed by atoms with E-state index >= 15 is 0 Å². The van der Waals surface area contributed by atoms with E-state index in [1.165, 1.54) is 24.3 Å². The van der Waals surface area contributed by atoms with Crippen molar-refractivity contribution in [3.05, 3.63) is 71.6 Å². The number of benzene rings is 2. The van der Waals surface area contributed by atoms with Crippen molar-refractivity contribution < 1.29 is 23.5 Å². The maximum absolute atomic E-state index is 13.4. The van der Waals surface area contributed by atoms with E-state index in [1.54, 1.807) is 43.5 Å². The van der Waals surface area contributed by atoms with Gasteiger partial charge in [0.25, 0.3) is 0 Å². The Morgan fingerprint density at radius 2 is 1.78 bits per heavy atom. The molecule has 0 unspecified atom stereocenters. The number of esters is 1. The highest BCUT2D eigenvalue weighted by atomic mass is 19.1. The van der Waals surface area contributed by atoms with Gasteiger partial charge in [-0.25, -0.2) is 9.18 Å². The summed E-state index contributed by atoms with van der Waals surface area (Å²) >= 11 is 0. The molecule has 4 nitrogen and oxygen atoms in total. The first kappa shape index (κ1) is 16.4. The molecule has 0 fully saturated rings. The Labute approximate surface area is 133 Å². The predicted octanol–water partition coefficient (Wildman–Crippen LogP) is 3.27. The SMILES string of the molecule is COc1ccc(C=CC(=O)OCC(=O)c2ccccc2F)cc1. The Morgan fingerprint density at radius 1 is 1.09 bits per heavy atom. The predicted molar refractivity (Wildman–Crippen MR) is 83.7 cm³/mol. The van der Waals surface area contributed by atoms with Crippen LogP contribution in [-0.4, -0.2) is 25.5 Å². The monoisotopic (exact) mass is 314 g/mol. The summed E-state index contributed by atoms with van der Waals surface area (Å²) in [4.78, 5) is 23.3. The second-order valence-corrected chi connectivity index (χ2v) is 4.62. The van der Waals surface area contributed by atoms with Crippen LogP contribution in [0.15, 0.2) is 54.6 Å². The van der Waals surface area contributed by atoms with Crippen LogP contribution in [0.1, 0.15) is 15.9 Å². The highest BCUT2D eigenvalue weighted by molar-refractivity contribution is 5.99. The lowest BCUT2D eigenvalue weighted by molar-refractivity contribution is -0.136. The van der Waals surface area contributed by atoms with Gasteiger partial charge < -0.3 is 9.47 Å². The van der Waals surface area contributed by atoms with Crippen molar-refractivity contribution in [1.82, 2.24) is 0 Å². The van der Waals surface area contributed by atoms with E-state index in [0.29, 0.717) is 5.75 Å². The van der Waals surface area contributed by atoms with Gasteiger partial charge in [-0.2, -0.15) is 0 Å². The number of ether oxygens (including phenoxy) is 2. The minimum atomic E-state index is -0.675. The van der Waals surface area contributed by atoms with Crippen LogP contribution in [0.2, 0.25) is 0 Å². The van der Waals surface area contributed by atoms with Gasteiger partial charge >= 0.3 is 5.97 Å². The topological polar surface area (TPSA) is 52.6 Å². The molecule has 0 aromatic heterocycles. The van der Waals surface area contributed by atoms with E-state index in [4.69, 9.17) is 9.47 Å². The summed E-state index contributed by atoms with van der Waals surface area (Å²) in [6.07, 6.45) is 2.76. The molecular weight excluding hydrogens is 299 g/mol. The highest BCUT2D eigenvalue weighted by Crippen LogP contribution is 2.12. The third-order valence-electron chi connectivity index (χ3n) is 3.05. The standard InChI is InChI=1S/C18H15FO4/c1-22-14-9-6-13(7-10-14)8-11-18(21)23-12-17(20)15-4-2-3-5-16(15)19/h2-11H,12H2,1H3. The number of halogens is 1. The van der Waals surface area contributed by atoms with Crippen LogP contribution >= 0.6 is 0 Å². The maximum atomic E-state index is 13.4. The van der Waals surface area contributed by atoms with E-state index in [2.05, 4.69) is 0 Å². The number of rotatable bonds is 6. The summed E-state index contributed by atoms with van der Waals surface area (Å²) in [7, 11) is 1.56. The molecule has 0 radical (unpaired) electrons. The molecule has 0 spiro atoms. The Hall–Kier alpha value is -2.95. The number of Topliss-reactive ketones (excluding diaryl/α,β-unsaturated/α-hetero) is 1. The lowest BCUT2D eigenvalue weighted by Crippen LogP contribution is -2.13. The molecule has 0 aliphatic heterocycles. The third-order valence-corrected chi connectivity index (χ3v) is 3.05. The number of hydrogen-bond acceptors (Lipinski definition) is 4. The van der Waals surface area contributed by atoms with E-state index in [0.717, 1.165) is 5.56 Å². The first-order valence-electron chi connectivity index (χ1n) is 6.87. The Kier molecular flexibility index (Phi) is 5.63. The molecule has 23 heavy (non-hydrogen) atoms. The minimum Gasteiger partial charge on any atom is -0.497 e. The average molecular weight is 314 g/mol. The van der Waals surface area contributed by atoms with Crippen LogP contribution in [0, 0.1) is 5.82 Å². The zero-order valence-corrected chi connectivity index (χ0v) is 12.5. The van der Waals surface area contributed by atoms with E-state index in [1.807, 2.05) is 0 Å². The van der Waals surface area contributed by atoms with Gasteiger partial charge in [0.05, 0.1) is 12.7 Å². The summed E-state index contributed by atoms with van der Waals surface area (Å²) in [5.41, 5.74) is 0.683. The van der Waals surface area contributed by atoms with Crippen LogP contribution in [0.5, 0.6) is 5.75 Å². The fourth-order valence-electron chi connectivity index (χ4n) is 1.83. The van der Waals surface area contributed by atoms with E-state index in [9.17, 15) is 14.0 Å². The Balaban J connectivity index is 1.88. The van der Waals surface area contributed by atoms with Crippen LogP contribution < -0.4 is 4.74 Å². The molecule has 0 aliphatic carbocycles. The fourth-order valence-corrected chi connectivity index (χ4v) is 1.83. The third kappa shape index (κ3) is 4.78.